The van der Waals surface area contributed by atoms with Crippen LogP contribution in [0.25, 0.3) is 0 Å². The Labute approximate surface area is 121 Å². The molecule has 1 aliphatic rings. The molecule has 0 radical (unpaired) electrons. The van der Waals surface area contributed by atoms with Crippen LogP contribution in [0.4, 0.5) is 4.39 Å². The highest BCUT2D eigenvalue weighted by Crippen LogP contribution is 2.34. The van der Waals surface area contributed by atoms with E-state index in [0.717, 1.165) is 24.2 Å². The van der Waals surface area contributed by atoms with Crippen molar-refractivity contribution in [3.05, 3.63) is 29.6 Å². The predicted octanol–water partition coefficient (Wildman–Crippen LogP) is 4.31. The zero-order chi connectivity index (χ0) is 14.7. The topological polar surface area (TPSA) is 21.3 Å². The predicted molar refractivity (Wildman–Crippen MR) is 80.5 cm³/mol. The van der Waals surface area contributed by atoms with E-state index in [9.17, 15) is 4.39 Å². The van der Waals surface area contributed by atoms with E-state index in [-0.39, 0.29) is 18.0 Å². The van der Waals surface area contributed by atoms with Gasteiger partial charge >= 0.3 is 0 Å². The number of nitrogens with one attached hydrogen (secondary N) is 1. The normalized spacial score (nSPS) is 28.1. The molecule has 0 heterocycles. The standard InChI is InChI=1S/C17H26FNO/c1-11-7-12(2)9-15(8-11)20-17-6-5-14(18)10-16(17)13(3)19-4/h5-6,10-13,15,19H,7-9H2,1-4H3. The van der Waals surface area contributed by atoms with Crippen LogP contribution in [0.15, 0.2) is 18.2 Å². The van der Waals surface area contributed by atoms with Crippen LogP contribution in [-0.2, 0) is 0 Å². The van der Waals surface area contributed by atoms with Crippen molar-refractivity contribution in [3.8, 4) is 5.75 Å². The maximum absolute atomic E-state index is 13.5. The fraction of sp³-hybridized carbons (Fsp3) is 0.647. The number of hydrogen-bond donors (Lipinski definition) is 1. The minimum absolute atomic E-state index is 0.0825. The summed E-state index contributed by atoms with van der Waals surface area (Å²) in [6.07, 6.45) is 3.72. The first-order chi connectivity index (χ1) is 9.49. The van der Waals surface area contributed by atoms with Gasteiger partial charge in [0.25, 0.3) is 0 Å². The summed E-state index contributed by atoms with van der Waals surface area (Å²) in [5, 5.41) is 3.16. The van der Waals surface area contributed by atoms with Crippen LogP contribution in [0.3, 0.4) is 0 Å². The Morgan fingerprint density at radius 1 is 1.20 bits per heavy atom. The second-order valence-corrected chi connectivity index (χ2v) is 6.35. The summed E-state index contributed by atoms with van der Waals surface area (Å²) in [7, 11) is 1.88. The summed E-state index contributed by atoms with van der Waals surface area (Å²) in [5.41, 5.74) is 0.901. The van der Waals surface area contributed by atoms with Crippen LogP contribution in [0.2, 0.25) is 0 Å². The summed E-state index contributed by atoms with van der Waals surface area (Å²) in [5.74, 6) is 2.02. The van der Waals surface area contributed by atoms with Gasteiger partial charge in [0.05, 0.1) is 6.10 Å². The van der Waals surface area contributed by atoms with Crippen LogP contribution in [0, 0.1) is 17.7 Å². The third-order valence-electron chi connectivity index (χ3n) is 4.30. The summed E-state index contributed by atoms with van der Waals surface area (Å²) in [6.45, 7) is 6.59. The van der Waals surface area contributed by atoms with Crippen molar-refractivity contribution in [3.63, 3.8) is 0 Å². The van der Waals surface area contributed by atoms with E-state index < -0.39 is 0 Å². The lowest BCUT2D eigenvalue weighted by molar-refractivity contribution is 0.0995. The molecule has 1 saturated carbocycles. The maximum atomic E-state index is 13.5. The second kappa shape index (κ2) is 6.57. The molecule has 0 aromatic heterocycles. The average Bonchev–Trinajstić information content (AvgIpc) is 2.38. The Bertz CT molecular complexity index is 439. The molecule has 0 spiro atoms. The molecule has 2 rings (SSSR count). The van der Waals surface area contributed by atoms with Gasteiger partial charge in [-0.3, -0.25) is 0 Å². The van der Waals surface area contributed by atoms with Gasteiger partial charge in [0.1, 0.15) is 11.6 Å². The molecule has 3 atom stereocenters. The molecule has 2 nitrogen and oxygen atoms in total. The molecule has 3 unspecified atom stereocenters. The van der Waals surface area contributed by atoms with Crippen molar-refractivity contribution in [2.45, 2.75) is 52.2 Å². The molecule has 1 aromatic rings. The number of rotatable bonds is 4. The number of hydrogen-bond acceptors (Lipinski definition) is 2. The molecule has 1 N–H and O–H groups in total. The maximum Gasteiger partial charge on any atom is 0.124 e. The lowest BCUT2D eigenvalue weighted by Crippen LogP contribution is -2.29. The highest BCUT2D eigenvalue weighted by atomic mass is 19.1. The lowest BCUT2D eigenvalue weighted by atomic mass is 9.82. The molecule has 0 saturated heterocycles. The first-order valence-electron chi connectivity index (χ1n) is 7.63. The Kier molecular flexibility index (Phi) is 5.03. The van der Waals surface area contributed by atoms with E-state index in [2.05, 4.69) is 19.2 Å². The molecule has 112 valence electrons. The van der Waals surface area contributed by atoms with Crippen molar-refractivity contribution < 1.29 is 9.13 Å². The zero-order valence-corrected chi connectivity index (χ0v) is 12.9. The van der Waals surface area contributed by atoms with Gasteiger partial charge in [0, 0.05) is 11.6 Å². The number of halogens is 1. The summed E-state index contributed by atoms with van der Waals surface area (Å²) in [6, 6.07) is 4.91. The van der Waals surface area contributed by atoms with Crippen molar-refractivity contribution in [1.82, 2.24) is 5.32 Å². The van der Waals surface area contributed by atoms with Gasteiger partial charge in [-0.15, -0.1) is 0 Å². The molecule has 0 aliphatic heterocycles. The Morgan fingerprint density at radius 3 is 2.45 bits per heavy atom. The molecule has 20 heavy (non-hydrogen) atoms. The molecule has 3 heteroatoms. The van der Waals surface area contributed by atoms with Gasteiger partial charge < -0.3 is 10.1 Å². The highest BCUT2D eigenvalue weighted by molar-refractivity contribution is 5.36. The van der Waals surface area contributed by atoms with Gasteiger partial charge in [-0.05, 0) is 63.3 Å². The van der Waals surface area contributed by atoms with E-state index in [1.807, 2.05) is 14.0 Å². The van der Waals surface area contributed by atoms with Gasteiger partial charge in [-0.25, -0.2) is 4.39 Å². The first-order valence-corrected chi connectivity index (χ1v) is 7.63. The Hall–Kier alpha value is -1.09. The van der Waals surface area contributed by atoms with E-state index >= 15 is 0 Å². The van der Waals surface area contributed by atoms with E-state index in [1.54, 1.807) is 12.1 Å². The summed E-state index contributed by atoms with van der Waals surface area (Å²) >= 11 is 0. The SMILES string of the molecule is CNC(C)c1cc(F)ccc1OC1CC(C)CC(C)C1. The van der Waals surface area contributed by atoms with Crippen LogP contribution in [-0.4, -0.2) is 13.2 Å². The lowest BCUT2D eigenvalue weighted by Gasteiger charge is -2.32. The largest absolute Gasteiger partial charge is 0.490 e. The Morgan fingerprint density at radius 2 is 1.85 bits per heavy atom. The second-order valence-electron chi connectivity index (χ2n) is 6.35. The van der Waals surface area contributed by atoms with Crippen molar-refractivity contribution in [2.75, 3.05) is 7.05 Å². The van der Waals surface area contributed by atoms with Crippen LogP contribution < -0.4 is 10.1 Å². The Balaban J connectivity index is 2.16. The minimum atomic E-state index is -0.208. The van der Waals surface area contributed by atoms with Crippen LogP contribution >= 0.6 is 0 Å². The molecule has 1 aliphatic carbocycles. The molecule has 1 fully saturated rings. The van der Waals surface area contributed by atoms with Crippen LogP contribution in [0.5, 0.6) is 5.75 Å². The fourth-order valence-corrected chi connectivity index (χ4v) is 3.27. The van der Waals surface area contributed by atoms with Crippen LogP contribution in [0.1, 0.15) is 51.6 Å². The monoisotopic (exact) mass is 279 g/mol. The molecule has 1 aromatic carbocycles. The van der Waals surface area contributed by atoms with Crippen molar-refractivity contribution in [2.24, 2.45) is 11.8 Å². The first kappa shape index (κ1) is 15.3. The zero-order valence-electron chi connectivity index (χ0n) is 12.9. The summed E-state index contributed by atoms with van der Waals surface area (Å²) < 4.78 is 19.7. The number of ether oxygens (including phenoxy) is 1. The highest BCUT2D eigenvalue weighted by Gasteiger charge is 2.26. The van der Waals surface area contributed by atoms with Crippen molar-refractivity contribution in [1.29, 1.82) is 0 Å². The molecule has 0 amide bonds. The molecular weight excluding hydrogens is 253 g/mol. The third kappa shape index (κ3) is 3.72. The quantitative estimate of drug-likeness (QED) is 0.886. The van der Waals surface area contributed by atoms with E-state index in [0.29, 0.717) is 11.8 Å². The van der Waals surface area contributed by atoms with Gasteiger partial charge in [0.2, 0.25) is 0 Å². The smallest absolute Gasteiger partial charge is 0.124 e. The molecular formula is C17H26FNO. The summed E-state index contributed by atoms with van der Waals surface area (Å²) in [4.78, 5) is 0. The minimum Gasteiger partial charge on any atom is -0.490 e. The van der Waals surface area contributed by atoms with Crippen molar-refractivity contribution >= 4 is 0 Å². The van der Waals surface area contributed by atoms with Gasteiger partial charge in [-0.1, -0.05) is 13.8 Å². The third-order valence-corrected chi connectivity index (χ3v) is 4.30. The van der Waals surface area contributed by atoms with E-state index in [1.165, 1.54) is 12.5 Å². The molecule has 0 bridgehead atoms. The van der Waals surface area contributed by atoms with Gasteiger partial charge in [0.15, 0.2) is 0 Å². The van der Waals surface area contributed by atoms with Gasteiger partial charge in [-0.2, -0.15) is 0 Å². The number of benzene rings is 1. The average molecular weight is 279 g/mol. The fourth-order valence-electron chi connectivity index (χ4n) is 3.27. The van der Waals surface area contributed by atoms with E-state index in [4.69, 9.17) is 4.74 Å².